The molecule has 3 rings (SSSR count). The van der Waals surface area contributed by atoms with Crippen molar-refractivity contribution in [3.05, 3.63) is 78.4 Å². The number of carbonyl (C=O) groups is 1. The van der Waals surface area contributed by atoms with Crippen molar-refractivity contribution in [2.45, 2.75) is 37.1 Å². The highest BCUT2D eigenvalue weighted by Crippen LogP contribution is 2.32. The number of imidazole rings is 1. The molecule has 1 aliphatic heterocycles. The number of allylic oxidation sites excluding steroid dienone is 2. The average Bonchev–Trinajstić information content (AvgIpc) is 3.13. The number of hydrogen-bond acceptors (Lipinski definition) is 5. The van der Waals surface area contributed by atoms with Gasteiger partial charge in [-0.05, 0) is 18.4 Å². The van der Waals surface area contributed by atoms with Gasteiger partial charge in [-0.25, -0.2) is 4.98 Å². The third kappa shape index (κ3) is 4.22. The van der Waals surface area contributed by atoms with Gasteiger partial charge in [0.15, 0.2) is 0 Å². The highest BCUT2D eigenvalue weighted by Gasteiger charge is 2.42. The molecule has 7 nitrogen and oxygen atoms in total. The van der Waals surface area contributed by atoms with Crippen molar-refractivity contribution < 1.29 is 20.1 Å². The molecule has 0 aliphatic carbocycles. The number of rotatable bonds is 7. The largest absolute Gasteiger partial charge is 0.394 e. The number of hydrogen-bond donors (Lipinski definition) is 4. The summed E-state index contributed by atoms with van der Waals surface area (Å²) in [5.74, 6) is -0.0146. The van der Waals surface area contributed by atoms with Gasteiger partial charge in [-0.3, -0.25) is 4.79 Å². The summed E-state index contributed by atoms with van der Waals surface area (Å²) in [5, 5.41) is 33.3. The molecule has 1 aromatic heterocycles. The number of aliphatic hydroxyl groups is 3. The van der Waals surface area contributed by atoms with Gasteiger partial charge < -0.3 is 25.2 Å². The van der Waals surface area contributed by atoms with E-state index in [4.69, 9.17) is 0 Å². The van der Waals surface area contributed by atoms with Crippen LogP contribution in [0.2, 0.25) is 0 Å². The third-order valence-electron chi connectivity index (χ3n) is 4.91. The van der Waals surface area contributed by atoms with Crippen molar-refractivity contribution in [2.75, 3.05) is 6.61 Å². The predicted molar refractivity (Wildman–Crippen MR) is 104 cm³/mol. The minimum atomic E-state index is -1.28. The van der Waals surface area contributed by atoms with Crippen molar-refractivity contribution in [1.29, 1.82) is 0 Å². The van der Waals surface area contributed by atoms with Gasteiger partial charge in [0.1, 0.15) is 24.1 Å². The minimum absolute atomic E-state index is 0.350. The molecule has 0 bridgehead atoms. The van der Waals surface area contributed by atoms with E-state index in [-0.39, 0.29) is 6.61 Å². The van der Waals surface area contributed by atoms with E-state index in [0.29, 0.717) is 12.2 Å². The number of aromatic nitrogens is 2. The van der Waals surface area contributed by atoms with Gasteiger partial charge in [-0.1, -0.05) is 49.1 Å². The molecule has 4 atom stereocenters. The molecule has 0 unspecified atom stereocenters. The van der Waals surface area contributed by atoms with Gasteiger partial charge in [-0.2, -0.15) is 0 Å². The highest BCUT2D eigenvalue weighted by atomic mass is 16.3. The highest BCUT2D eigenvalue weighted by molar-refractivity contribution is 5.88. The number of aryl methyl sites for hydroxylation is 2. The summed E-state index contributed by atoms with van der Waals surface area (Å²) in [7, 11) is 0. The number of carbonyl (C=O) groups excluding carboxylic acids is 1. The number of benzene rings is 1. The Labute approximate surface area is 163 Å². The van der Waals surface area contributed by atoms with Crippen molar-refractivity contribution in [3.63, 3.8) is 0 Å². The lowest BCUT2D eigenvalue weighted by atomic mass is 9.94. The molecule has 1 amide bonds. The zero-order valence-corrected chi connectivity index (χ0v) is 15.5. The van der Waals surface area contributed by atoms with E-state index in [1.165, 1.54) is 23.8 Å². The monoisotopic (exact) mass is 383 g/mol. The fourth-order valence-corrected chi connectivity index (χ4v) is 3.44. The molecule has 1 aromatic carbocycles. The van der Waals surface area contributed by atoms with Crippen LogP contribution >= 0.6 is 0 Å². The van der Waals surface area contributed by atoms with Gasteiger partial charge in [0.05, 0.1) is 18.3 Å². The molecule has 0 radical (unpaired) electrons. The Bertz CT molecular complexity index is 847. The smallest absolute Gasteiger partial charge is 0.244 e. The SMILES string of the molecule is C=C/C=C/C(=O)N[C@H]1c2nc(CCc3ccccc3)cn2[C@H](CO)[C@@H](O)[C@@H]1O. The van der Waals surface area contributed by atoms with Crippen LogP contribution in [0.5, 0.6) is 0 Å². The van der Waals surface area contributed by atoms with Gasteiger partial charge in [0.25, 0.3) is 0 Å². The molecule has 1 aliphatic rings. The van der Waals surface area contributed by atoms with Crippen LogP contribution in [0.15, 0.2) is 61.3 Å². The van der Waals surface area contributed by atoms with Gasteiger partial charge in [0, 0.05) is 12.3 Å². The molecule has 2 aromatic rings. The number of aliphatic hydroxyl groups excluding tert-OH is 3. The van der Waals surface area contributed by atoms with E-state index >= 15 is 0 Å². The summed E-state index contributed by atoms with van der Waals surface area (Å²) in [4.78, 5) is 16.7. The summed E-state index contributed by atoms with van der Waals surface area (Å²) < 4.78 is 1.65. The molecule has 28 heavy (non-hydrogen) atoms. The molecule has 0 saturated carbocycles. The summed E-state index contributed by atoms with van der Waals surface area (Å²) in [6, 6.07) is 8.38. The average molecular weight is 383 g/mol. The molecule has 148 valence electrons. The van der Waals surface area contributed by atoms with Crippen molar-refractivity contribution in [1.82, 2.24) is 14.9 Å². The first kappa shape index (κ1) is 20.0. The summed E-state index contributed by atoms with van der Waals surface area (Å²) in [6.07, 6.45) is 4.93. The first-order valence-corrected chi connectivity index (χ1v) is 9.23. The molecular formula is C21H25N3O4. The molecule has 2 heterocycles. The lowest BCUT2D eigenvalue weighted by Gasteiger charge is -2.37. The van der Waals surface area contributed by atoms with Gasteiger partial charge >= 0.3 is 0 Å². The van der Waals surface area contributed by atoms with Crippen LogP contribution in [-0.2, 0) is 17.6 Å². The first-order valence-electron chi connectivity index (χ1n) is 9.23. The normalized spacial score (nSPS) is 24.1. The van der Waals surface area contributed by atoms with Crippen molar-refractivity contribution in [3.8, 4) is 0 Å². The number of fused-ring (bicyclic) bond motifs is 1. The van der Waals surface area contributed by atoms with Crippen LogP contribution in [-0.4, -0.2) is 49.6 Å². The maximum Gasteiger partial charge on any atom is 0.244 e. The lowest BCUT2D eigenvalue weighted by molar-refractivity contribution is -0.120. The molecule has 4 N–H and O–H groups in total. The Morgan fingerprint density at radius 1 is 1.21 bits per heavy atom. The number of nitrogens with one attached hydrogen (secondary N) is 1. The molecule has 0 fully saturated rings. The second kappa shape index (κ2) is 8.97. The Balaban J connectivity index is 1.86. The fourth-order valence-electron chi connectivity index (χ4n) is 3.44. The Kier molecular flexibility index (Phi) is 6.41. The Morgan fingerprint density at radius 2 is 1.96 bits per heavy atom. The molecular weight excluding hydrogens is 358 g/mol. The van der Waals surface area contributed by atoms with Crippen LogP contribution in [0.1, 0.15) is 29.2 Å². The second-order valence-corrected chi connectivity index (χ2v) is 6.80. The number of nitrogens with zero attached hydrogens (tertiary/aromatic N) is 2. The standard InChI is InChI=1S/C21H25N3O4/c1-2-3-9-17(26)23-18-20(28)19(27)16(13-25)24-12-15(22-21(18)24)11-10-14-7-5-4-6-8-14/h2-9,12,16,18-20,25,27-28H,1,10-11,13H2,(H,23,26)/b9-3+/t16-,18-,19-,20-/m1/s1. The first-order chi connectivity index (χ1) is 13.5. The van der Waals surface area contributed by atoms with Crippen LogP contribution in [0, 0.1) is 0 Å². The van der Waals surface area contributed by atoms with Crippen LogP contribution < -0.4 is 5.32 Å². The van der Waals surface area contributed by atoms with Crippen LogP contribution in [0.4, 0.5) is 0 Å². The quantitative estimate of drug-likeness (QED) is 0.419. The van der Waals surface area contributed by atoms with Crippen LogP contribution in [0.25, 0.3) is 0 Å². The van der Waals surface area contributed by atoms with Gasteiger partial charge in [-0.15, -0.1) is 0 Å². The van der Waals surface area contributed by atoms with E-state index in [9.17, 15) is 20.1 Å². The van der Waals surface area contributed by atoms with Gasteiger partial charge in [0.2, 0.25) is 5.91 Å². The fraction of sp³-hybridized carbons (Fsp3) is 0.333. The van der Waals surface area contributed by atoms with E-state index in [1.54, 1.807) is 10.8 Å². The zero-order valence-electron chi connectivity index (χ0n) is 15.5. The zero-order chi connectivity index (χ0) is 20.1. The van der Waals surface area contributed by atoms with E-state index in [0.717, 1.165) is 12.1 Å². The maximum atomic E-state index is 12.1. The molecule has 7 heteroatoms. The molecule has 0 spiro atoms. The van der Waals surface area contributed by atoms with E-state index < -0.39 is 30.2 Å². The lowest BCUT2D eigenvalue weighted by Crippen LogP contribution is -2.51. The van der Waals surface area contributed by atoms with Crippen molar-refractivity contribution in [2.24, 2.45) is 0 Å². The molecule has 0 saturated heterocycles. The number of amides is 1. The minimum Gasteiger partial charge on any atom is -0.394 e. The van der Waals surface area contributed by atoms with E-state index in [1.807, 2.05) is 30.3 Å². The Hall–Kier alpha value is -2.74. The maximum absolute atomic E-state index is 12.1. The summed E-state index contributed by atoms with van der Waals surface area (Å²) >= 11 is 0. The van der Waals surface area contributed by atoms with E-state index in [2.05, 4.69) is 16.9 Å². The predicted octanol–water partition coefficient (Wildman–Crippen LogP) is 0.837. The van der Waals surface area contributed by atoms with Crippen molar-refractivity contribution >= 4 is 5.91 Å². The topological polar surface area (TPSA) is 108 Å². The second-order valence-electron chi connectivity index (χ2n) is 6.80. The van der Waals surface area contributed by atoms with Crippen LogP contribution in [0.3, 0.4) is 0 Å². The Morgan fingerprint density at radius 3 is 2.64 bits per heavy atom. The summed E-state index contributed by atoms with van der Waals surface area (Å²) in [6.45, 7) is 3.16. The third-order valence-corrected chi connectivity index (χ3v) is 4.91. The summed E-state index contributed by atoms with van der Waals surface area (Å²) in [5.41, 5.74) is 1.94.